The van der Waals surface area contributed by atoms with Crippen molar-refractivity contribution in [2.75, 3.05) is 5.32 Å². The Balaban J connectivity index is 1.59. The van der Waals surface area contributed by atoms with Crippen LogP contribution in [0.2, 0.25) is 0 Å². The number of hydrogen-bond donors (Lipinski definition) is 2. The van der Waals surface area contributed by atoms with Crippen LogP contribution in [0.15, 0.2) is 61.1 Å². The SMILES string of the molecule is O=C(NCc1ccccn1)c1cnc(Nc2ccc(F)cc2)nc1. The van der Waals surface area contributed by atoms with E-state index in [-0.39, 0.29) is 11.7 Å². The van der Waals surface area contributed by atoms with Crippen molar-refractivity contribution in [1.29, 1.82) is 0 Å². The zero-order valence-electron chi connectivity index (χ0n) is 12.6. The van der Waals surface area contributed by atoms with Gasteiger partial charge in [-0.05, 0) is 36.4 Å². The summed E-state index contributed by atoms with van der Waals surface area (Å²) in [6.07, 6.45) is 4.51. The fraction of sp³-hybridized carbons (Fsp3) is 0.0588. The van der Waals surface area contributed by atoms with E-state index >= 15 is 0 Å². The minimum Gasteiger partial charge on any atom is -0.346 e. The predicted molar refractivity (Wildman–Crippen MR) is 87.1 cm³/mol. The van der Waals surface area contributed by atoms with Gasteiger partial charge in [0.05, 0.1) is 17.8 Å². The zero-order valence-corrected chi connectivity index (χ0v) is 12.6. The average Bonchev–Trinajstić information content (AvgIpc) is 2.63. The molecule has 2 aromatic heterocycles. The molecule has 0 aliphatic rings. The first-order valence-corrected chi connectivity index (χ1v) is 7.23. The van der Waals surface area contributed by atoms with Crippen molar-refractivity contribution >= 4 is 17.5 Å². The number of amides is 1. The number of carbonyl (C=O) groups is 1. The first-order valence-electron chi connectivity index (χ1n) is 7.23. The van der Waals surface area contributed by atoms with Crippen LogP contribution in [0.3, 0.4) is 0 Å². The van der Waals surface area contributed by atoms with Crippen LogP contribution in [0.4, 0.5) is 16.0 Å². The number of nitrogens with zero attached hydrogens (tertiary/aromatic N) is 3. The molecule has 0 aliphatic heterocycles. The van der Waals surface area contributed by atoms with Gasteiger partial charge in [0, 0.05) is 24.3 Å². The number of benzene rings is 1. The normalized spacial score (nSPS) is 10.2. The van der Waals surface area contributed by atoms with Crippen LogP contribution < -0.4 is 10.6 Å². The number of nitrogens with one attached hydrogen (secondary N) is 2. The lowest BCUT2D eigenvalue weighted by molar-refractivity contribution is 0.0949. The fourth-order valence-electron chi connectivity index (χ4n) is 1.95. The average molecular weight is 323 g/mol. The van der Waals surface area contributed by atoms with E-state index in [1.165, 1.54) is 24.5 Å². The van der Waals surface area contributed by atoms with E-state index in [4.69, 9.17) is 0 Å². The summed E-state index contributed by atoms with van der Waals surface area (Å²) in [5, 5.41) is 5.67. The molecule has 0 atom stereocenters. The van der Waals surface area contributed by atoms with Crippen molar-refractivity contribution in [2.45, 2.75) is 6.54 Å². The third-order valence-electron chi connectivity index (χ3n) is 3.17. The highest BCUT2D eigenvalue weighted by molar-refractivity contribution is 5.93. The molecular formula is C17H14FN5O. The van der Waals surface area contributed by atoms with Gasteiger partial charge in [-0.25, -0.2) is 14.4 Å². The summed E-state index contributed by atoms with van der Waals surface area (Å²) in [7, 11) is 0. The first-order chi connectivity index (χ1) is 11.7. The predicted octanol–water partition coefficient (Wildman–Crippen LogP) is 2.68. The third-order valence-corrected chi connectivity index (χ3v) is 3.17. The van der Waals surface area contributed by atoms with E-state index in [2.05, 4.69) is 25.6 Å². The van der Waals surface area contributed by atoms with Crippen LogP contribution >= 0.6 is 0 Å². The Hall–Kier alpha value is -3.35. The topological polar surface area (TPSA) is 79.8 Å². The number of rotatable bonds is 5. The molecule has 3 aromatic rings. The van der Waals surface area contributed by atoms with Gasteiger partial charge in [0.25, 0.3) is 5.91 Å². The first kappa shape index (κ1) is 15.5. The van der Waals surface area contributed by atoms with Gasteiger partial charge in [0.2, 0.25) is 5.95 Å². The van der Waals surface area contributed by atoms with Crippen LogP contribution in [-0.2, 0) is 6.54 Å². The molecule has 120 valence electrons. The molecule has 6 nitrogen and oxygen atoms in total. The molecule has 0 bridgehead atoms. The molecule has 2 N–H and O–H groups in total. The van der Waals surface area contributed by atoms with Crippen molar-refractivity contribution in [3.05, 3.63) is 78.1 Å². The summed E-state index contributed by atoms with van der Waals surface area (Å²) < 4.78 is 12.9. The van der Waals surface area contributed by atoms with Gasteiger partial charge in [-0.3, -0.25) is 9.78 Å². The Kier molecular flexibility index (Phi) is 4.71. The van der Waals surface area contributed by atoms with Crippen LogP contribution in [0.25, 0.3) is 0 Å². The summed E-state index contributed by atoms with van der Waals surface area (Å²) in [5.74, 6) is -0.279. The number of halogens is 1. The number of anilines is 2. The molecule has 1 amide bonds. The lowest BCUT2D eigenvalue weighted by Crippen LogP contribution is -2.23. The lowest BCUT2D eigenvalue weighted by atomic mass is 10.3. The Labute approximate surface area is 137 Å². The molecule has 7 heteroatoms. The molecule has 0 saturated heterocycles. The molecule has 0 spiro atoms. The third kappa shape index (κ3) is 4.10. The molecule has 0 aliphatic carbocycles. The van der Waals surface area contributed by atoms with Crippen molar-refractivity contribution in [1.82, 2.24) is 20.3 Å². The molecule has 2 heterocycles. The second-order valence-electron chi connectivity index (χ2n) is 4.93. The quantitative estimate of drug-likeness (QED) is 0.754. The lowest BCUT2D eigenvalue weighted by Gasteiger charge is -2.06. The summed E-state index contributed by atoms with van der Waals surface area (Å²) in [4.78, 5) is 24.3. The Bertz CT molecular complexity index is 807. The summed E-state index contributed by atoms with van der Waals surface area (Å²) in [6, 6.07) is 11.3. The van der Waals surface area contributed by atoms with Crippen molar-refractivity contribution in [3.63, 3.8) is 0 Å². The standard InChI is InChI=1S/C17H14FN5O/c18-13-4-6-14(7-5-13)23-17-21-9-12(10-22-17)16(24)20-11-15-3-1-2-8-19-15/h1-10H,11H2,(H,20,24)(H,21,22,23). The van der Waals surface area contributed by atoms with E-state index in [1.807, 2.05) is 18.2 Å². The maximum Gasteiger partial charge on any atom is 0.254 e. The van der Waals surface area contributed by atoms with Gasteiger partial charge < -0.3 is 10.6 Å². The van der Waals surface area contributed by atoms with Crippen molar-refractivity contribution < 1.29 is 9.18 Å². The minimum atomic E-state index is -0.318. The smallest absolute Gasteiger partial charge is 0.254 e. The maximum absolute atomic E-state index is 12.9. The van der Waals surface area contributed by atoms with E-state index in [0.29, 0.717) is 23.7 Å². The summed E-state index contributed by atoms with van der Waals surface area (Å²) >= 11 is 0. The fourth-order valence-corrected chi connectivity index (χ4v) is 1.95. The van der Waals surface area contributed by atoms with Crippen LogP contribution in [0.1, 0.15) is 16.1 Å². The van der Waals surface area contributed by atoms with E-state index in [1.54, 1.807) is 18.3 Å². The van der Waals surface area contributed by atoms with Gasteiger partial charge >= 0.3 is 0 Å². The van der Waals surface area contributed by atoms with Crippen molar-refractivity contribution in [2.24, 2.45) is 0 Å². The summed E-state index contributed by atoms with van der Waals surface area (Å²) in [6.45, 7) is 0.329. The molecule has 3 rings (SSSR count). The Morgan fingerprint density at radius 1 is 1.00 bits per heavy atom. The highest BCUT2D eigenvalue weighted by Crippen LogP contribution is 2.13. The molecule has 0 fully saturated rings. The second-order valence-corrected chi connectivity index (χ2v) is 4.93. The Morgan fingerprint density at radius 2 is 1.75 bits per heavy atom. The van der Waals surface area contributed by atoms with Crippen LogP contribution in [0, 0.1) is 5.82 Å². The highest BCUT2D eigenvalue weighted by Gasteiger charge is 2.07. The molecule has 0 unspecified atom stereocenters. The zero-order chi connectivity index (χ0) is 16.8. The number of pyridine rings is 1. The number of aromatic nitrogens is 3. The molecule has 0 radical (unpaired) electrons. The molecular weight excluding hydrogens is 309 g/mol. The maximum atomic E-state index is 12.9. The Morgan fingerprint density at radius 3 is 2.42 bits per heavy atom. The number of hydrogen-bond acceptors (Lipinski definition) is 5. The van der Waals surface area contributed by atoms with E-state index in [9.17, 15) is 9.18 Å². The molecule has 1 aromatic carbocycles. The number of carbonyl (C=O) groups excluding carboxylic acids is 1. The monoisotopic (exact) mass is 323 g/mol. The van der Waals surface area contributed by atoms with Gasteiger partial charge in [0.15, 0.2) is 0 Å². The largest absolute Gasteiger partial charge is 0.346 e. The second kappa shape index (κ2) is 7.28. The van der Waals surface area contributed by atoms with Crippen LogP contribution in [-0.4, -0.2) is 20.9 Å². The molecule has 24 heavy (non-hydrogen) atoms. The van der Waals surface area contributed by atoms with E-state index < -0.39 is 0 Å². The van der Waals surface area contributed by atoms with E-state index in [0.717, 1.165) is 5.69 Å². The van der Waals surface area contributed by atoms with Crippen LogP contribution in [0.5, 0.6) is 0 Å². The van der Waals surface area contributed by atoms with Gasteiger partial charge in [0.1, 0.15) is 5.82 Å². The van der Waals surface area contributed by atoms with Gasteiger partial charge in [-0.1, -0.05) is 6.07 Å². The highest BCUT2D eigenvalue weighted by atomic mass is 19.1. The van der Waals surface area contributed by atoms with Crippen molar-refractivity contribution in [3.8, 4) is 0 Å². The molecule has 0 saturated carbocycles. The minimum absolute atomic E-state index is 0.283. The summed E-state index contributed by atoms with van der Waals surface area (Å²) in [5.41, 5.74) is 1.76. The van der Waals surface area contributed by atoms with Gasteiger partial charge in [-0.2, -0.15) is 0 Å². The van der Waals surface area contributed by atoms with Gasteiger partial charge in [-0.15, -0.1) is 0 Å².